The Bertz CT molecular complexity index is 1040. The van der Waals surface area contributed by atoms with Gasteiger partial charge in [0, 0.05) is 17.3 Å². The standard InChI is InChI=1S/C23H22N2O2/c1-26-21-12-11-16(15-22(21)27-2)13-14-24-23-17-7-3-5-9-19(17)25-20-10-6-4-8-18(20)23/h3-12,15H,13-14H2,1-2H3,(H,24,25). The predicted molar refractivity (Wildman–Crippen MR) is 111 cm³/mol. The summed E-state index contributed by atoms with van der Waals surface area (Å²) in [5.41, 5.74) is 4.34. The first-order valence-corrected chi connectivity index (χ1v) is 9.02. The van der Waals surface area contributed by atoms with Crippen LogP contribution in [-0.2, 0) is 6.42 Å². The summed E-state index contributed by atoms with van der Waals surface area (Å²) in [4.78, 5) is 4.78. The van der Waals surface area contributed by atoms with Gasteiger partial charge in [-0.05, 0) is 36.2 Å². The van der Waals surface area contributed by atoms with Crippen LogP contribution in [0.15, 0.2) is 66.7 Å². The molecule has 1 heterocycles. The van der Waals surface area contributed by atoms with E-state index in [2.05, 4.69) is 47.8 Å². The molecule has 0 radical (unpaired) electrons. The lowest BCUT2D eigenvalue weighted by Crippen LogP contribution is -2.06. The van der Waals surface area contributed by atoms with Gasteiger partial charge in [-0.1, -0.05) is 42.5 Å². The number of hydrogen-bond acceptors (Lipinski definition) is 4. The lowest BCUT2D eigenvalue weighted by atomic mass is 10.1. The molecule has 0 saturated heterocycles. The highest BCUT2D eigenvalue weighted by Gasteiger charge is 2.09. The van der Waals surface area contributed by atoms with E-state index < -0.39 is 0 Å². The molecule has 0 aliphatic carbocycles. The Hall–Kier alpha value is -3.27. The van der Waals surface area contributed by atoms with Gasteiger partial charge in [0.1, 0.15) is 0 Å². The molecule has 0 unspecified atom stereocenters. The lowest BCUT2D eigenvalue weighted by Gasteiger charge is -2.14. The summed E-state index contributed by atoms with van der Waals surface area (Å²) in [5.74, 6) is 1.51. The van der Waals surface area contributed by atoms with E-state index >= 15 is 0 Å². The molecular formula is C23H22N2O2. The second-order valence-corrected chi connectivity index (χ2v) is 6.39. The van der Waals surface area contributed by atoms with Gasteiger partial charge in [-0.2, -0.15) is 0 Å². The largest absolute Gasteiger partial charge is 0.493 e. The predicted octanol–water partition coefficient (Wildman–Crippen LogP) is 5.06. The number of anilines is 1. The van der Waals surface area contributed by atoms with E-state index in [9.17, 15) is 0 Å². The number of hydrogen-bond donors (Lipinski definition) is 1. The molecule has 3 aromatic carbocycles. The molecular weight excluding hydrogens is 336 g/mol. The molecule has 136 valence electrons. The summed E-state index contributed by atoms with van der Waals surface area (Å²) in [7, 11) is 3.31. The molecule has 27 heavy (non-hydrogen) atoms. The van der Waals surface area contributed by atoms with Crippen LogP contribution in [0.25, 0.3) is 21.8 Å². The summed E-state index contributed by atoms with van der Waals surface area (Å²) >= 11 is 0. The third kappa shape index (κ3) is 3.38. The third-order valence-electron chi connectivity index (χ3n) is 4.75. The molecule has 0 amide bonds. The molecule has 0 saturated carbocycles. The number of benzene rings is 3. The van der Waals surface area contributed by atoms with Crippen LogP contribution < -0.4 is 14.8 Å². The number of aromatic nitrogens is 1. The van der Waals surface area contributed by atoms with E-state index in [0.717, 1.165) is 52.0 Å². The van der Waals surface area contributed by atoms with E-state index in [1.165, 1.54) is 5.56 Å². The van der Waals surface area contributed by atoms with Crippen molar-refractivity contribution in [2.75, 3.05) is 26.1 Å². The second-order valence-electron chi connectivity index (χ2n) is 6.39. The van der Waals surface area contributed by atoms with E-state index in [4.69, 9.17) is 14.5 Å². The van der Waals surface area contributed by atoms with Crippen LogP contribution in [0.2, 0.25) is 0 Å². The normalized spacial score (nSPS) is 10.9. The fourth-order valence-electron chi connectivity index (χ4n) is 3.40. The van der Waals surface area contributed by atoms with Crippen LogP contribution in [-0.4, -0.2) is 25.7 Å². The number of rotatable bonds is 6. The van der Waals surface area contributed by atoms with E-state index in [0.29, 0.717) is 0 Å². The van der Waals surface area contributed by atoms with Crippen molar-refractivity contribution in [2.24, 2.45) is 0 Å². The lowest BCUT2D eigenvalue weighted by molar-refractivity contribution is 0.354. The van der Waals surface area contributed by atoms with E-state index in [-0.39, 0.29) is 0 Å². The van der Waals surface area contributed by atoms with Gasteiger partial charge >= 0.3 is 0 Å². The number of ether oxygens (including phenoxy) is 2. The number of pyridine rings is 1. The fraction of sp³-hybridized carbons (Fsp3) is 0.174. The second kappa shape index (κ2) is 7.54. The summed E-state index contributed by atoms with van der Waals surface area (Å²) in [6.45, 7) is 0.813. The minimum atomic E-state index is 0.750. The van der Waals surface area contributed by atoms with Crippen LogP contribution >= 0.6 is 0 Å². The number of fused-ring (bicyclic) bond motifs is 2. The Kier molecular flexibility index (Phi) is 4.79. The zero-order chi connectivity index (χ0) is 18.6. The van der Waals surface area contributed by atoms with E-state index in [1.54, 1.807) is 14.2 Å². The Morgan fingerprint density at radius 1 is 0.778 bits per heavy atom. The van der Waals surface area contributed by atoms with Gasteiger partial charge in [0.25, 0.3) is 0 Å². The molecule has 0 spiro atoms. The first kappa shape index (κ1) is 17.2. The highest BCUT2D eigenvalue weighted by molar-refractivity contribution is 6.07. The molecule has 0 fully saturated rings. The number of nitrogens with one attached hydrogen (secondary N) is 1. The van der Waals surface area contributed by atoms with Crippen molar-refractivity contribution in [1.82, 2.24) is 4.98 Å². The fourth-order valence-corrected chi connectivity index (χ4v) is 3.40. The number of para-hydroxylation sites is 2. The first-order chi connectivity index (χ1) is 13.3. The molecule has 0 atom stereocenters. The summed E-state index contributed by atoms with van der Waals surface area (Å²) < 4.78 is 10.7. The summed E-state index contributed by atoms with van der Waals surface area (Å²) in [5, 5.41) is 5.92. The Morgan fingerprint density at radius 2 is 1.41 bits per heavy atom. The molecule has 0 aliphatic heterocycles. The molecule has 1 N–H and O–H groups in total. The van der Waals surface area contributed by atoms with Crippen molar-refractivity contribution >= 4 is 27.5 Å². The number of nitrogens with zero attached hydrogens (tertiary/aromatic N) is 1. The topological polar surface area (TPSA) is 43.4 Å². The van der Waals surface area contributed by atoms with Gasteiger partial charge in [-0.3, -0.25) is 0 Å². The zero-order valence-corrected chi connectivity index (χ0v) is 15.5. The molecule has 0 aliphatic rings. The van der Waals surface area contributed by atoms with Crippen molar-refractivity contribution in [2.45, 2.75) is 6.42 Å². The van der Waals surface area contributed by atoms with Gasteiger partial charge in [0.05, 0.1) is 30.9 Å². The van der Waals surface area contributed by atoms with Crippen molar-refractivity contribution in [3.05, 3.63) is 72.3 Å². The Labute approximate surface area is 158 Å². The highest BCUT2D eigenvalue weighted by atomic mass is 16.5. The molecule has 4 nitrogen and oxygen atoms in total. The van der Waals surface area contributed by atoms with Crippen molar-refractivity contribution in [3.8, 4) is 11.5 Å². The van der Waals surface area contributed by atoms with Gasteiger partial charge < -0.3 is 14.8 Å². The average Bonchev–Trinajstić information content (AvgIpc) is 2.73. The minimum Gasteiger partial charge on any atom is -0.493 e. The maximum Gasteiger partial charge on any atom is 0.160 e. The number of methoxy groups -OCH3 is 2. The molecule has 0 bridgehead atoms. The van der Waals surface area contributed by atoms with Crippen LogP contribution in [0, 0.1) is 0 Å². The first-order valence-electron chi connectivity index (χ1n) is 9.02. The molecule has 1 aromatic heterocycles. The van der Waals surface area contributed by atoms with Crippen molar-refractivity contribution < 1.29 is 9.47 Å². The van der Waals surface area contributed by atoms with Crippen molar-refractivity contribution in [1.29, 1.82) is 0 Å². The maximum atomic E-state index is 5.40. The highest BCUT2D eigenvalue weighted by Crippen LogP contribution is 2.31. The summed E-state index contributed by atoms with van der Waals surface area (Å²) in [6.07, 6.45) is 0.880. The van der Waals surface area contributed by atoms with Crippen molar-refractivity contribution in [3.63, 3.8) is 0 Å². The van der Waals surface area contributed by atoms with Gasteiger partial charge in [0.15, 0.2) is 11.5 Å². The van der Waals surface area contributed by atoms with Gasteiger partial charge in [-0.15, -0.1) is 0 Å². The molecule has 4 rings (SSSR count). The quantitative estimate of drug-likeness (QED) is 0.489. The van der Waals surface area contributed by atoms with Gasteiger partial charge in [-0.25, -0.2) is 4.98 Å². The SMILES string of the molecule is COc1ccc(CCNc2c3ccccc3nc3ccccc23)cc1OC. The van der Waals surface area contributed by atoms with E-state index in [1.807, 2.05) is 24.3 Å². The molecule has 4 aromatic rings. The zero-order valence-electron chi connectivity index (χ0n) is 15.5. The molecule has 4 heteroatoms. The maximum absolute atomic E-state index is 5.40. The van der Waals surface area contributed by atoms with Crippen LogP contribution in [0.1, 0.15) is 5.56 Å². The average molecular weight is 358 g/mol. The summed E-state index contributed by atoms with van der Waals surface area (Å²) in [6, 6.07) is 22.6. The van der Waals surface area contributed by atoms with Crippen LogP contribution in [0.5, 0.6) is 11.5 Å². The van der Waals surface area contributed by atoms with Gasteiger partial charge in [0.2, 0.25) is 0 Å². The van der Waals surface area contributed by atoms with Crippen LogP contribution in [0.4, 0.5) is 5.69 Å². The smallest absolute Gasteiger partial charge is 0.160 e. The third-order valence-corrected chi connectivity index (χ3v) is 4.75. The minimum absolute atomic E-state index is 0.750. The monoisotopic (exact) mass is 358 g/mol. The Morgan fingerprint density at radius 3 is 2.04 bits per heavy atom. The van der Waals surface area contributed by atoms with Crippen LogP contribution in [0.3, 0.4) is 0 Å². The Balaban J connectivity index is 1.62.